The molecule has 1 aromatic heterocycles. The number of nitrogens with zero attached hydrogens (tertiary/aromatic N) is 1. The molecule has 0 atom stereocenters. The Labute approximate surface area is 130 Å². The van der Waals surface area contributed by atoms with Gasteiger partial charge in [-0.3, -0.25) is 9.69 Å². The van der Waals surface area contributed by atoms with Gasteiger partial charge in [0.25, 0.3) is 5.91 Å². The molecule has 1 aliphatic rings. The van der Waals surface area contributed by atoms with Crippen LogP contribution in [0.25, 0.3) is 6.08 Å². The Hall–Kier alpha value is -1.18. The highest BCUT2D eigenvalue weighted by Crippen LogP contribution is 2.33. The van der Waals surface area contributed by atoms with E-state index >= 15 is 0 Å². The summed E-state index contributed by atoms with van der Waals surface area (Å²) in [7, 11) is 0. The van der Waals surface area contributed by atoms with Gasteiger partial charge >= 0.3 is 0 Å². The molecule has 2 heterocycles. The minimum Gasteiger partial charge on any atom is -0.550 e. The monoisotopic (exact) mass is 326 g/mol. The van der Waals surface area contributed by atoms with E-state index in [0.29, 0.717) is 22.2 Å². The average molecular weight is 326 g/mol. The molecular weight excluding hydrogens is 314 g/mol. The Morgan fingerprint density at radius 2 is 2.25 bits per heavy atom. The van der Waals surface area contributed by atoms with Crippen LogP contribution in [-0.2, 0) is 9.59 Å². The first-order valence-corrected chi connectivity index (χ1v) is 8.03. The van der Waals surface area contributed by atoms with Gasteiger partial charge in [-0.2, -0.15) is 0 Å². The van der Waals surface area contributed by atoms with Crippen molar-refractivity contribution >= 4 is 57.6 Å². The molecule has 1 amide bonds. The number of rotatable bonds is 5. The third-order valence-corrected chi connectivity index (χ3v) is 5.00. The van der Waals surface area contributed by atoms with Crippen LogP contribution in [0.5, 0.6) is 0 Å². The van der Waals surface area contributed by atoms with Gasteiger partial charge < -0.3 is 9.90 Å². The van der Waals surface area contributed by atoms with Crippen molar-refractivity contribution in [1.29, 1.82) is 0 Å². The lowest BCUT2D eigenvalue weighted by atomic mass is 10.3. The van der Waals surface area contributed by atoms with E-state index in [1.807, 2.05) is 25.1 Å². The molecule has 0 N–H and O–H groups in total. The third-order valence-electron chi connectivity index (χ3n) is 2.67. The number of amides is 1. The SMILES string of the molecule is Cc1ccc(/C=C2\SC(=S)N(CCCC(=O)[O-])C2=O)s1. The van der Waals surface area contributed by atoms with Gasteiger partial charge in [0.2, 0.25) is 0 Å². The predicted molar refractivity (Wildman–Crippen MR) is 83.2 cm³/mol. The Morgan fingerprint density at radius 3 is 2.85 bits per heavy atom. The van der Waals surface area contributed by atoms with Crippen molar-refractivity contribution in [2.24, 2.45) is 0 Å². The van der Waals surface area contributed by atoms with Gasteiger partial charge in [-0.15, -0.1) is 11.3 Å². The second kappa shape index (κ2) is 6.51. The number of carboxylic acids is 1. The van der Waals surface area contributed by atoms with Crippen LogP contribution in [0.2, 0.25) is 0 Å². The minimum atomic E-state index is -1.11. The van der Waals surface area contributed by atoms with Gasteiger partial charge in [-0.25, -0.2) is 0 Å². The number of hydrogen-bond donors (Lipinski definition) is 0. The van der Waals surface area contributed by atoms with Gasteiger partial charge in [-0.1, -0.05) is 24.0 Å². The molecule has 0 radical (unpaired) electrons. The van der Waals surface area contributed by atoms with E-state index in [9.17, 15) is 14.7 Å². The molecule has 0 spiro atoms. The van der Waals surface area contributed by atoms with Crippen LogP contribution < -0.4 is 5.11 Å². The standard InChI is InChI=1S/C13H13NO3S3/c1-8-4-5-9(19-8)7-10-12(17)14(13(18)20-10)6-2-3-11(15)16/h4-5,7H,2-3,6H2,1H3,(H,15,16)/p-1/b10-7-. The van der Waals surface area contributed by atoms with Crippen LogP contribution in [0, 0.1) is 6.92 Å². The number of thioether (sulfide) groups is 1. The molecule has 1 aliphatic heterocycles. The van der Waals surface area contributed by atoms with Crippen LogP contribution >= 0.6 is 35.3 Å². The maximum Gasteiger partial charge on any atom is 0.266 e. The fourth-order valence-electron chi connectivity index (χ4n) is 1.73. The molecule has 0 aliphatic carbocycles. The molecule has 0 bridgehead atoms. The van der Waals surface area contributed by atoms with Crippen molar-refractivity contribution in [3.63, 3.8) is 0 Å². The lowest BCUT2D eigenvalue weighted by molar-refractivity contribution is -0.305. The maximum absolute atomic E-state index is 12.2. The Kier molecular flexibility index (Phi) is 4.95. The fourth-order valence-corrected chi connectivity index (χ4v) is 3.93. The molecule has 4 nitrogen and oxygen atoms in total. The molecule has 1 saturated heterocycles. The van der Waals surface area contributed by atoms with E-state index < -0.39 is 5.97 Å². The third kappa shape index (κ3) is 3.68. The number of carbonyl (C=O) groups is 2. The lowest BCUT2D eigenvalue weighted by Gasteiger charge is -2.14. The summed E-state index contributed by atoms with van der Waals surface area (Å²) in [5.41, 5.74) is 0. The summed E-state index contributed by atoms with van der Waals surface area (Å²) < 4.78 is 0.480. The highest BCUT2D eigenvalue weighted by Gasteiger charge is 2.31. The summed E-state index contributed by atoms with van der Waals surface area (Å²) in [6.45, 7) is 2.33. The first kappa shape index (κ1) is 15.2. The van der Waals surface area contributed by atoms with Gasteiger partial charge in [0, 0.05) is 22.3 Å². The van der Waals surface area contributed by atoms with E-state index in [1.54, 1.807) is 11.3 Å². The highest BCUT2D eigenvalue weighted by molar-refractivity contribution is 8.26. The van der Waals surface area contributed by atoms with Gasteiger partial charge in [-0.05, 0) is 38.0 Å². The Bertz CT molecular complexity index is 591. The average Bonchev–Trinajstić information content (AvgIpc) is 2.88. The number of aryl methyl sites for hydroxylation is 1. The number of thiocarbonyl (C=S) groups is 1. The molecule has 0 aromatic carbocycles. The van der Waals surface area contributed by atoms with Crippen LogP contribution in [0.1, 0.15) is 22.6 Å². The molecule has 7 heteroatoms. The predicted octanol–water partition coefficient (Wildman–Crippen LogP) is 1.79. The van der Waals surface area contributed by atoms with E-state index in [-0.39, 0.29) is 12.3 Å². The minimum absolute atomic E-state index is 0.0692. The summed E-state index contributed by atoms with van der Waals surface area (Å²) >= 11 is 8.03. The van der Waals surface area contributed by atoms with Crippen LogP contribution in [0.15, 0.2) is 17.0 Å². The summed E-state index contributed by atoms with van der Waals surface area (Å²) in [6.07, 6.45) is 2.11. The largest absolute Gasteiger partial charge is 0.550 e. The maximum atomic E-state index is 12.2. The number of carboxylic acid groups (broad SMARTS) is 1. The van der Waals surface area contributed by atoms with E-state index in [4.69, 9.17) is 12.2 Å². The van der Waals surface area contributed by atoms with Crippen LogP contribution in [0.4, 0.5) is 0 Å². The molecule has 0 unspecified atom stereocenters. The fraction of sp³-hybridized carbons (Fsp3) is 0.308. The summed E-state index contributed by atoms with van der Waals surface area (Å²) in [6, 6.07) is 3.96. The number of thiophene rings is 1. The molecule has 1 aromatic rings. The van der Waals surface area contributed by atoms with Crippen molar-refractivity contribution in [3.05, 3.63) is 26.8 Å². The van der Waals surface area contributed by atoms with Crippen molar-refractivity contribution in [3.8, 4) is 0 Å². The summed E-state index contributed by atoms with van der Waals surface area (Å²) in [4.78, 5) is 26.8. The zero-order valence-electron chi connectivity index (χ0n) is 10.8. The molecular formula is C13H12NO3S3-. The van der Waals surface area contributed by atoms with Crippen LogP contribution in [-0.4, -0.2) is 27.6 Å². The highest BCUT2D eigenvalue weighted by atomic mass is 32.2. The Morgan fingerprint density at radius 1 is 1.50 bits per heavy atom. The summed E-state index contributed by atoms with van der Waals surface area (Å²) in [5, 5.41) is 10.4. The van der Waals surface area contributed by atoms with Crippen molar-refractivity contribution in [1.82, 2.24) is 4.90 Å². The van der Waals surface area contributed by atoms with E-state index in [2.05, 4.69) is 0 Å². The molecule has 2 rings (SSSR count). The first-order chi connectivity index (χ1) is 9.47. The van der Waals surface area contributed by atoms with Crippen LogP contribution in [0.3, 0.4) is 0 Å². The normalized spacial score (nSPS) is 17.2. The zero-order valence-corrected chi connectivity index (χ0v) is 13.2. The smallest absolute Gasteiger partial charge is 0.266 e. The van der Waals surface area contributed by atoms with Gasteiger partial charge in [0.15, 0.2) is 0 Å². The second-order valence-corrected chi connectivity index (χ2v) is 7.25. The van der Waals surface area contributed by atoms with Crippen molar-refractivity contribution in [2.75, 3.05) is 6.54 Å². The summed E-state index contributed by atoms with van der Waals surface area (Å²) in [5.74, 6) is -1.26. The molecule has 106 valence electrons. The second-order valence-electron chi connectivity index (χ2n) is 4.26. The van der Waals surface area contributed by atoms with E-state index in [0.717, 1.165) is 4.88 Å². The zero-order chi connectivity index (χ0) is 14.7. The lowest BCUT2D eigenvalue weighted by Crippen LogP contribution is -2.30. The number of aliphatic carboxylic acids is 1. The van der Waals surface area contributed by atoms with Crippen molar-refractivity contribution in [2.45, 2.75) is 19.8 Å². The quantitative estimate of drug-likeness (QED) is 0.610. The number of carbonyl (C=O) groups excluding carboxylic acids is 2. The van der Waals surface area contributed by atoms with Gasteiger partial charge in [0.05, 0.1) is 4.91 Å². The number of hydrogen-bond acceptors (Lipinski definition) is 6. The Balaban J connectivity index is 2.04. The first-order valence-electron chi connectivity index (χ1n) is 5.99. The van der Waals surface area contributed by atoms with Crippen molar-refractivity contribution < 1.29 is 14.7 Å². The molecule has 0 saturated carbocycles. The van der Waals surface area contributed by atoms with Gasteiger partial charge in [0.1, 0.15) is 4.32 Å². The molecule has 1 fully saturated rings. The molecule has 20 heavy (non-hydrogen) atoms. The topological polar surface area (TPSA) is 60.4 Å². The van der Waals surface area contributed by atoms with E-state index in [1.165, 1.54) is 21.5 Å².